The fourth-order valence-corrected chi connectivity index (χ4v) is 9.00. The van der Waals surface area contributed by atoms with Gasteiger partial charge in [0.05, 0.1) is 0 Å². The van der Waals surface area contributed by atoms with Gasteiger partial charge in [-0.1, -0.05) is 0 Å². The summed E-state index contributed by atoms with van der Waals surface area (Å²) in [6.07, 6.45) is 2.23. The Bertz CT molecular complexity index is 1610. The second kappa shape index (κ2) is 6.58. The second-order valence-electron chi connectivity index (χ2n) is 10.2. The number of rotatable bonds is 1. The summed E-state index contributed by atoms with van der Waals surface area (Å²) in [5.74, 6) is 9.42. The van der Waals surface area contributed by atoms with E-state index in [-0.39, 0.29) is 0 Å². The van der Waals surface area contributed by atoms with E-state index >= 15 is 0 Å². The van der Waals surface area contributed by atoms with Crippen molar-refractivity contribution in [2.75, 3.05) is 0 Å². The first-order valence-electron chi connectivity index (χ1n) is 11.4. The first kappa shape index (κ1) is 19.8. The van der Waals surface area contributed by atoms with E-state index in [4.69, 9.17) is 4.74 Å². The van der Waals surface area contributed by atoms with E-state index in [1.54, 1.807) is 4.40 Å². The number of aryl methyl sites for hydroxylation is 3. The number of hydrogen-bond donors (Lipinski definition) is 0. The molecule has 0 atom stereocenters. The van der Waals surface area contributed by atoms with Crippen LogP contribution in [0.4, 0.5) is 0 Å². The van der Waals surface area contributed by atoms with Crippen LogP contribution in [0.3, 0.4) is 0 Å². The molecular weight excluding hydrogens is 451 g/mol. The zero-order valence-corrected chi connectivity index (χ0v) is 21.7. The Morgan fingerprint density at radius 2 is 1.50 bits per heavy atom. The number of hydrogen-bond acceptors (Lipinski definition) is 1. The van der Waals surface area contributed by atoms with Crippen molar-refractivity contribution in [1.82, 2.24) is 0 Å². The molecule has 3 heteroatoms. The molecule has 0 saturated heterocycles. The summed E-state index contributed by atoms with van der Waals surface area (Å²) in [5.41, 5.74) is 5.00. The number of fused-ring (bicyclic) bond motifs is 5. The Labute approximate surface area is 191 Å². The van der Waals surface area contributed by atoms with E-state index in [0.29, 0.717) is 0 Å². The standard InChI is InChI=1S/C29H28GeNO/c1-17-20-11-7-8-12-21(20)18(2)29-25(17)28-27-22(14-15-31(28)6)26-19(16-24(27)32-29)10-9-13-23(26)30(3,4)5/h7-16H,1-6H3/q+1. The van der Waals surface area contributed by atoms with Gasteiger partial charge in [0.25, 0.3) is 0 Å². The summed E-state index contributed by atoms with van der Waals surface area (Å²) in [6, 6.07) is 20.1. The number of benzene rings is 4. The van der Waals surface area contributed by atoms with Gasteiger partial charge in [0, 0.05) is 0 Å². The summed E-state index contributed by atoms with van der Waals surface area (Å²) >= 11 is -2.09. The van der Waals surface area contributed by atoms with Gasteiger partial charge < -0.3 is 0 Å². The predicted octanol–water partition coefficient (Wildman–Crippen LogP) is 6.91. The maximum atomic E-state index is 6.76. The monoisotopic (exact) mass is 480 g/mol. The number of nitrogens with zero attached hydrogens (tertiary/aromatic N) is 1. The fourth-order valence-electron chi connectivity index (χ4n) is 5.59. The van der Waals surface area contributed by atoms with Crippen molar-refractivity contribution in [3.8, 4) is 22.8 Å². The third-order valence-corrected chi connectivity index (χ3v) is 11.4. The van der Waals surface area contributed by atoms with E-state index in [9.17, 15) is 0 Å². The molecular formula is C29H28GeNO+. The van der Waals surface area contributed by atoms with Gasteiger partial charge in [-0.2, -0.15) is 0 Å². The van der Waals surface area contributed by atoms with E-state index in [1.807, 2.05) is 0 Å². The summed E-state index contributed by atoms with van der Waals surface area (Å²) in [5, 5.41) is 7.83. The number of ether oxygens (including phenoxy) is 1. The molecule has 32 heavy (non-hydrogen) atoms. The van der Waals surface area contributed by atoms with E-state index in [2.05, 4.69) is 104 Å². The molecule has 0 N–H and O–H groups in total. The van der Waals surface area contributed by atoms with Crippen LogP contribution in [0.25, 0.3) is 43.6 Å². The molecule has 0 radical (unpaired) electrons. The van der Waals surface area contributed by atoms with Crippen molar-refractivity contribution in [2.24, 2.45) is 7.05 Å². The Hall–Kier alpha value is -2.85. The Morgan fingerprint density at radius 3 is 2.22 bits per heavy atom. The van der Waals surface area contributed by atoms with Crippen LogP contribution < -0.4 is 13.7 Å². The van der Waals surface area contributed by atoms with Crippen molar-refractivity contribution in [1.29, 1.82) is 0 Å². The molecule has 0 unspecified atom stereocenters. The molecule has 0 spiro atoms. The fraction of sp³-hybridized carbons (Fsp3) is 0.207. The van der Waals surface area contributed by atoms with Crippen LogP contribution in [0.2, 0.25) is 17.3 Å². The molecule has 1 aromatic heterocycles. The van der Waals surface area contributed by atoms with Gasteiger partial charge in [0.1, 0.15) is 0 Å². The average molecular weight is 479 g/mol. The molecule has 4 aromatic carbocycles. The van der Waals surface area contributed by atoms with Crippen LogP contribution in [0.1, 0.15) is 11.1 Å². The molecule has 2 nitrogen and oxygen atoms in total. The summed E-state index contributed by atoms with van der Waals surface area (Å²) in [6.45, 7) is 4.43. The molecule has 1 aliphatic rings. The van der Waals surface area contributed by atoms with Crippen LogP contribution in [-0.4, -0.2) is 13.3 Å². The van der Waals surface area contributed by atoms with Crippen molar-refractivity contribution < 1.29 is 9.30 Å². The summed E-state index contributed by atoms with van der Waals surface area (Å²) in [7, 11) is 2.16. The topological polar surface area (TPSA) is 13.1 Å². The van der Waals surface area contributed by atoms with Gasteiger partial charge >= 0.3 is 192 Å². The minimum atomic E-state index is -2.09. The van der Waals surface area contributed by atoms with E-state index < -0.39 is 13.3 Å². The zero-order valence-electron chi connectivity index (χ0n) is 19.6. The Kier molecular flexibility index (Phi) is 4.08. The Morgan fingerprint density at radius 1 is 0.781 bits per heavy atom. The molecule has 158 valence electrons. The van der Waals surface area contributed by atoms with Gasteiger partial charge in [-0.15, -0.1) is 0 Å². The molecule has 0 bridgehead atoms. The van der Waals surface area contributed by atoms with Gasteiger partial charge in [-0.3, -0.25) is 0 Å². The van der Waals surface area contributed by atoms with Gasteiger partial charge in [0.2, 0.25) is 0 Å². The van der Waals surface area contributed by atoms with Crippen LogP contribution in [-0.2, 0) is 7.05 Å². The molecule has 0 aliphatic carbocycles. The van der Waals surface area contributed by atoms with Gasteiger partial charge in [-0.25, -0.2) is 0 Å². The minimum absolute atomic E-state index is 0.975. The molecule has 0 saturated carbocycles. The molecule has 2 heterocycles. The van der Waals surface area contributed by atoms with Crippen molar-refractivity contribution >= 4 is 50.0 Å². The third kappa shape index (κ3) is 2.56. The predicted molar refractivity (Wildman–Crippen MR) is 138 cm³/mol. The SMILES string of the molecule is Cc1c2c(c(C)c3ccccc13)-c1c3c(cc4ccc[c]([Ge]([CH3])([CH3])[CH3])c4c3cc[n+]1C)O2. The average Bonchev–Trinajstić information content (AvgIpc) is 2.77. The summed E-state index contributed by atoms with van der Waals surface area (Å²) < 4.78 is 10.6. The zero-order chi connectivity index (χ0) is 22.4. The summed E-state index contributed by atoms with van der Waals surface area (Å²) in [4.78, 5) is 0. The van der Waals surface area contributed by atoms with E-state index in [1.165, 1.54) is 54.7 Å². The van der Waals surface area contributed by atoms with Crippen LogP contribution in [0.5, 0.6) is 11.5 Å². The molecule has 0 amide bonds. The molecule has 0 fully saturated rings. The van der Waals surface area contributed by atoms with Gasteiger partial charge in [-0.05, 0) is 0 Å². The number of aromatic nitrogens is 1. The maximum absolute atomic E-state index is 6.76. The molecule has 5 aromatic rings. The van der Waals surface area contributed by atoms with Crippen molar-refractivity contribution in [2.45, 2.75) is 31.1 Å². The quantitative estimate of drug-likeness (QED) is 0.142. The normalized spacial score (nSPS) is 12.9. The van der Waals surface area contributed by atoms with Gasteiger partial charge in [0.15, 0.2) is 0 Å². The van der Waals surface area contributed by atoms with Crippen LogP contribution >= 0.6 is 0 Å². The van der Waals surface area contributed by atoms with Crippen LogP contribution in [0.15, 0.2) is 60.8 Å². The van der Waals surface area contributed by atoms with Crippen molar-refractivity contribution in [3.63, 3.8) is 0 Å². The number of pyridine rings is 1. The first-order chi connectivity index (χ1) is 15.3. The Balaban J connectivity index is 1.85. The second-order valence-corrected chi connectivity index (χ2v) is 20.8. The van der Waals surface area contributed by atoms with E-state index in [0.717, 1.165) is 11.5 Å². The third-order valence-electron chi connectivity index (χ3n) is 7.16. The molecule has 1 aliphatic heterocycles. The van der Waals surface area contributed by atoms with Crippen LogP contribution in [0, 0.1) is 13.8 Å². The molecule has 6 rings (SSSR count). The van der Waals surface area contributed by atoms with Crippen molar-refractivity contribution in [3.05, 3.63) is 71.9 Å². The first-order valence-corrected chi connectivity index (χ1v) is 18.7.